The van der Waals surface area contributed by atoms with Crippen molar-refractivity contribution in [3.63, 3.8) is 0 Å². The number of aldehydes is 1. The molecular weight excluding hydrogens is 206 g/mol. The van der Waals surface area contributed by atoms with E-state index < -0.39 is 0 Å². The van der Waals surface area contributed by atoms with E-state index in [4.69, 9.17) is 0 Å². The molecule has 78 valence electrons. The predicted molar refractivity (Wildman–Crippen MR) is 62.7 cm³/mol. The summed E-state index contributed by atoms with van der Waals surface area (Å²) in [5, 5.41) is 1.22. The Morgan fingerprint density at radius 3 is 3.00 bits per heavy atom. The zero-order valence-corrected chi connectivity index (χ0v) is 9.51. The van der Waals surface area contributed by atoms with Crippen LogP contribution in [-0.4, -0.2) is 10.9 Å². The van der Waals surface area contributed by atoms with Crippen LogP contribution in [0.1, 0.15) is 28.2 Å². The van der Waals surface area contributed by atoms with Crippen molar-refractivity contribution >= 4 is 27.8 Å². The lowest BCUT2D eigenvalue weighted by Gasteiger charge is -2.04. The summed E-state index contributed by atoms with van der Waals surface area (Å²) in [6.45, 7) is 3.14. The van der Waals surface area contributed by atoms with E-state index in [0.717, 1.165) is 24.4 Å². The first-order chi connectivity index (χ1) is 7.28. The largest absolute Gasteiger partial charge is 0.330 e. The molecule has 1 fully saturated rings. The van der Waals surface area contributed by atoms with Crippen LogP contribution < -0.4 is 0 Å². The average molecular weight is 219 g/mol. The predicted octanol–water partition coefficient (Wildman–Crippen LogP) is 3.23. The van der Waals surface area contributed by atoms with Gasteiger partial charge in [0.15, 0.2) is 6.29 Å². The lowest BCUT2D eigenvalue weighted by atomic mass is 10.3. The number of carbonyl (C=O) groups excluding carboxylic acids is 1. The monoisotopic (exact) mass is 219 g/mol. The van der Waals surface area contributed by atoms with Crippen LogP contribution in [0.5, 0.6) is 0 Å². The summed E-state index contributed by atoms with van der Waals surface area (Å²) in [7, 11) is 0. The van der Waals surface area contributed by atoms with E-state index in [1.807, 2.05) is 6.07 Å². The third-order valence-electron chi connectivity index (χ3n) is 2.98. The Labute approximate surface area is 92.5 Å². The number of thiophene rings is 1. The Morgan fingerprint density at radius 1 is 1.53 bits per heavy atom. The molecule has 0 radical (unpaired) electrons. The molecule has 1 saturated carbocycles. The van der Waals surface area contributed by atoms with Crippen molar-refractivity contribution in [1.82, 2.24) is 4.57 Å². The molecule has 3 heteroatoms. The fourth-order valence-corrected chi connectivity index (χ4v) is 3.05. The van der Waals surface area contributed by atoms with Gasteiger partial charge < -0.3 is 4.57 Å². The summed E-state index contributed by atoms with van der Waals surface area (Å²) in [6.07, 6.45) is 3.62. The first-order valence-electron chi connectivity index (χ1n) is 5.33. The van der Waals surface area contributed by atoms with E-state index in [2.05, 4.69) is 17.6 Å². The molecule has 0 bridgehead atoms. The van der Waals surface area contributed by atoms with Gasteiger partial charge in [0, 0.05) is 16.8 Å². The van der Waals surface area contributed by atoms with Crippen molar-refractivity contribution in [1.29, 1.82) is 0 Å². The number of hydrogen-bond acceptors (Lipinski definition) is 2. The molecule has 2 aromatic rings. The van der Waals surface area contributed by atoms with Gasteiger partial charge in [-0.15, -0.1) is 11.3 Å². The lowest BCUT2D eigenvalue weighted by Crippen LogP contribution is -2.02. The third kappa shape index (κ3) is 1.51. The Balaban J connectivity index is 2.14. The number of carbonyl (C=O) groups is 1. The minimum Gasteiger partial charge on any atom is -0.330 e. The van der Waals surface area contributed by atoms with Gasteiger partial charge in [0.2, 0.25) is 0 Å². The summed E-state index contributed by atoms with van der Waals surface area (Å²) >= 11 is 1.79. The molecule has 0 amide bonds. The van der Waals surface area contributed by atoms with Gasteiger partial charge in [-0.2, -0.15) is 0 Å². The summed E-state index contributed by atoms with van der Waals surface area (Å²) in [5.41, 5.74) is 0.836. The van der Waals surface area contributed by atoms with Crippen molar-refractivity contribution in [3.05, 3.63) is 22.7 Å². The molecule has 1 aliphatic carbocycles. The number of nitrogens with zero attached hydrogens (tertiary/aromatic N) is 1. The molecule has 0 saturated heterocycles. The standard InChI is InChI=1S/C12H13NOS/c1-8-4-10-5-11(7-14)13(12(10)15-8)6-9-2-3-9/h4-5,7,9H,2-3,6H2,1H3. The molecule has 2 heterocycles. The van der Waals surface area contributed by atoms with E-state index in [1.54, 1.807) is 11.3 Å². The van der Waals surface area contributed by atoms with Gasteiger partial charge in [0.25, 0.3) is 0 Å². The zero-order valence-electron chi connectivity index (χ0n) is 8.69. The third-order valence-corrected chi connectivity index (χ3v) is 4.07. The molecule has 0 spiro atoms. The topological polar surface area (TPSA) is 22.0 Å². The van der Waals surface area contributed by atoms with Crippen LogP contribution in [-0.2, 0) is 6.54 Å². The number of aromatic nitrogens is 1. The first-order valence-corrected chi connectivity index (χ1v) is 6.14. The molecule has 1 aliphatic rings. The van der Waals surface area contributed by atoms with Crippen LogP contribution in [0, 0.1) is 12.8 Å². The van der Waals surface area contributed by atoms with Crippen LogP contribution >= 0.6 is 11.3 Å². The maximum atomic E-state index is 11.0. The minimum atomic E-state index is 0.807. The molecular formula is C12H13NOS. The van der Waals surface area contributed by atoms with Gasteiger partial charge in [-0.3, -0.25) is 4.79 Å². The van der Waals surface area contributed by atoms with Crippen LogP contribution in [0.2, 0.25) is 0 Å². The quantitative estimate of drug-likeness (QED) is 0.726. The Bertz CT molecular complexity index is 519. The Kier molecular flexibility index (Phi) is 1.96. The summed E-state index contributed by atoms with van der Waals surface area (Å²) in [4.78, 5) is 13.6. The normalized spacial score (nSPS) is 16.1. The van der Waals surface area contributed by atoms with Crippen LogP contribution in [0.3, 0.4) is 0 Å². The van der Waals surface area contributed by atoms with Crippen LogP contribution in [0.4, 0.5) is 0 Å². The second-order valence-corrected chi connectivity index (χ2v) is 5.59. The van der Waals surface area contributed by atoms with Crippen LogP contribution in [0.15, 0.2) is 12.1 Å². The SMILES string of the molecule is Cc1cc2cc(C=O)n(CC3CC3)c2s1. The van der Waals surface area contributed by atoms with E-state index >= 15 is 0 Å². The van der Waals surface area contributed by atoms with Gasteiger partial charge in [-0.1, -0.05) is 0 Å². The lowest BCUT2D eigenvalue weighted by molar-refractivity contribution is 0.111. The second kappa shape index (κ2) is 3.20. The van der Waals surface area contributed by atoms with Gasteiger partial charge >= 0.3 is 0 Å². The van der Waals surface area contributed by atoms with Gasteiger partial charge in [-0.05, 0) is 37.8 Å². The van der Waals surface area contributed by atoms with Crippen molar-refractivity contribution in [2.45, 2.75) is 26.3 Å². The summed E-state index contributed by atoms with van der Waals surface area (Å²) < 4.78 is 2.19. The van der Waals surface area contributed by atoms with Gasteiger partial charge in [0.1, 0.15) is 4.83 Å². The van der Waals surface area contributed by atoms with E-state index in [0.29, 0.717) is 0 Å². The van der Waals surface area contributed by atoms with Crippen molar-refractivity contribution < 1.29 is 4.79 Å². The molecule has 2 aromatic heterocycles. The number of rotatable bonds is 3. The highest BCUT2D eigenvalue weighted by Crippen LogP contribution is 2.35. The van der Waals surface area contributed by atoms with Crippen molar-refractivity contribution in [2.75, 3.05) is 0 Å². The van der Waals surface area contributed by atoms with E-state index in [1.165, 1.54) is 27.9 Å². The molecule has 0 N–H and O–H groups in total. The number of aryl methyl sites for hydroxylation is 1. The Morgan fingerprint density at radius 2 is 2.33 bits per heavy atom. The van der Waals surface area contributed by atoms with Gasteiger partial charge in [-0.25, -0.2) is 0 Å². The summed E-state index contributed by atoms with van der Waals surface area (Å²) in [5.74, 6) is 0.807. The van der Waals surface area contributed by atoms with Crippen LogP contribution in [0.25, 0.3) is 10.2 Å². The Hall–Kier alpha value is -1.09. The first kappa shape index (κ1) is 9.16. The zero-order chi connectivity index (χ0) is 10.4. The fraction of sp³-hybridized carbons (Fsp3) is 0.417. The minimum absolute atomic E-state index is 0.807. The highest BCUT2D eigenvalue weighted by molar-refractivity contribution is 7.18. The van der Waals surface area contributed by atoms with Crippen molar-refractivity contribution in [2.24, 2.45) is 5.92 Å². The molecule has 2 nitrogen and oxygen atoms in total. The smallest absolute Gasteiger partial charge is 0.166 e. The molecule has 15 heavy (non-hydrogen) atoms. The highest BCUT2D eigenvalue weighted by atomic mass is 32.1. The molecule has 0 unspecified atom stereocenters. The average Bonchev–Trinajstić information content (AvgIpc) is 2.87. The molecule has 0 atom stereocenters. The number of hydrogen-bond donors (Lipinski definition) is 0. The fourth-order valence-electron chi connectivity index (χ4n) is 2.04. The van der Waals surface area contributed by atoms with Gasteiger partial charge in [0.05, 0.1) is 5.69 Å². The molecule has 0 aromatic carbocycles. The van der Waals surface area contributed by atoms with E-state index in [9.17, 15) is 4.79 Å². The van der Waals surface area contributed by atoms with Crippen molar-refractivity contribution in [3.8, 4) is 0 Å². The second-order valence-electron chi connectivity index (χ2n) is 4.36. The number of fused-ring (bicyclic) bond motifs is 1. The maximum Gasteiger partial charge on any atom is 0.166 e. The molecule has 0 aliphatic heterocycles. The van der Waals surface area contributed by atoms with E-state index in [-0.39, 0.29) is 0 Å². The highest BCUT2D eigenvalue weighted by Gasteiger charge is 2.24. The molecule has 3 rings (SSSR count). The maximum absolute atomic E-state index is 11.0. The summed E-state index contributed by atoms with van der Waals surface area (Å²) in [6, 6.07) is 4.17.